The summed E-state index contributed by atoms with van der Waals surface area (Å²) in [7, 11) is 0. The lowest BCUT2D eigenvalue weighted by atomic mass is 10.00. The van der Waals surface area contributed by atoms with Gasteiger partial charge in [0.05, 0.1) is 12.1 Å². The van der Waals surface area contributed by atoms with E-state index in [-0.39, 0.29) is 30.5 Å². The van der Waals surface area contributed by atoms with Crippen LogP contribution >= 0.6 is 11.3 Å². The molecule has 0 radical (unpaired) electrons. The van der Waals surface area contributed by atoms with Crippen LogP contribution in [0.15, 0.2) is 60.0 Å². The molecule has 0 saturated carbocycles. The molecule has 2 aliphatic heterocycles. The van der Waals surface area contributed by atoms with Gasteiger partial charge in [-0.3, -0.25) is 9.59 Å². The largest absolute Gasteiger partial charge is 0.491 e. The number of fused-ring (bicyclic) bond motifs is 1. The maximum Gasteiger partial charge on any atom is 0.254 e. The van der Waals surface area contributed by atoms with Gasteiger partial charge in [-0.05, 0) is 73.9 Å². The third-order valence-corrected chi connectivity index (χ3v) is 8.22. The summed E-state index contributed by atoms with van der Waals surface area (Å²) >= 11 is 1.73. The molecule has 0 N–H and O–H groups in total. The zero-order valence-electron chi connectivity index (χ0n) is 21.5. The molecule has 5 rings (SSSR count). The van der Waals surface area contributed by atoms with E-state index in [9.17, 15) is 9.59 Å². The van der Waals surface area contributed by atoms with Crippen molar-refractivity contribution < 1.29 is 19.1 Å². The fraction of sp³-hybridized carbons (Fsp3) is 0.400. The number of rotatable bonds is 8. The number of nitrogens with zero attached hydrogens (tertiary/aromatic N) is 2. The predicted octanol–water partition coefficient (Wildman–Crippen LogP) is 5.19. The van der Waals surface area contributed by atoms with Crippen LogP contribution in [-0.2, 0) is 16.0 Å². The highest BCUT2D eigenvalue weighted by molar-refractivity contribution is 7.10. The van der Waals surface area contributed by atoms with Crippen LogP contribution in [0.1, 0.15) is 50.8 Å². The van der Waals surface area contributed by atoms with E-state index in [4.69, 9.17) is 9.47 Å². The Morgan fingerprint density at radius 3 is 2.73 bits per heavy atom. The predicted molar refractivity (Wildman–Crippen MR) is 145 cm³/mol. The molecule has 37 heavy (non-hydrogen) atoms. The number of amides is 2. The van der Waals surface area contributed by atoms with Crippen molar-refractivity contribution in [2.75, 3.05) is 32.8 Å². The number of aryl methyl sites for hydroxylation is 2. The van der Waals surface area contributed by atoms with Crippen molar-refractivity contribution in [3.63, 3.8) is 0 Å². The third-order valence-electron chi connectivity index (χ3n) is 7.22. The average molecular weight is 519 g/mol. The Morgan fingerprint density at radius 2 is 1.97 bits per heavy atom. The SMILES string of the molecule is Cc1ccc(OC[C@@H]2c3ccsc3CCN2C(=O)CN(C[C@@H]2CCCO2)C(=O)c2ccccc2)c(C)c1. The van der Waals surface area contributed by atoms with Crippen LogP contribution in [0.5, 0.6) is 5.75 Å². The van der Waals surface area contributed by atoms with Gasteiger partial charge in [0.25, 0.3) is 5.91 Å². The van der Waals surface area contributed by atoms with Crippen LogP contribution in [0, 0.1) is 13.8 Å². The Bertz CT molecular complexity index is 1240. The Morgan fingerprint density at radius 1 is 1.14 bits per heavy atom. The Hall–Kier alpha value is -3.16. The van der Waals surface area contributed by atoms with E-state index in [0.29, 0.717) is 31.9 Å². The zero-order valence-corrected chi connectivity index (χ0v) is 22.3. The maximum atomic E-state index is 13.8. The van der Waals surface area contributed by atoms with Crippen LogP contribution in [0.3, 0.4) is 0 Å². The molecule has 1 aromatic heterocycles. The molecular formula is C30H34N2O4S. The van der Waals surface area contributed by atoms with Crippen molar-refractivity contribution in [3.8, 4) is 5.75 Å². The van der Waals surface area contributed by atoms with Crippen molar-refractivity contribution in [2.45, 2.75) is 45.3 Å². The molecule has 0 unspecified atom stereocenters. The number of benzene rings is 2. The number of hydrogen-bond acceptors (Lipinski definition) is 5. The van der Waals surface area contributed by atoms with E-state index in [1.807, 2.05) is 42.2 Å². The molecule has 3 aromatic rings. The van der Waals surface area contributed by atoms with Gasteiger partial charge in [0.15, 0.2) is 0 Å². The molecule has 1 saturated heterocycles. The van der Waals surface area contributed by atoms with Crippen molar-refractivity contribution in [1.29, 1.82) is 0 Å². The lowest BCUT2D eigenvalue weighted by Crippen LogP contribution is -2.49. The zero-order chi connectivity index (χ0) is 25.8. The van der Waals surface area contributed by atoms with Crippen LogP contribution in [0.2, 0.25) is 0 Å². The third kappa shape index (κ3) is 5.89. The van der Waals surface area contributed by atoms with Crippen molar-refractivity contribution in [1.82, 2.24) is 9.80 Å². The molecule has 7 heteroatoms. The highest BCUT2D eigenvalue weighted by Gasteiger charge is 2.34. The summed E-state index contributed by atoms with van der Waals surface area (Å²) in [6, 6.07) is 17.2. The molecule has 194 valence electrons. The molecule has 2 atom stereocenters. The van der Waals surface area contributed by atoms with Gasteiger partial charge in [-0.2, -0.15) is 0 Å². The van der Waals surface area contributed by atoms with E-state index in [0.717, 1.165) is 36.1 Å². The van der Waals surface area contributed by atoms with E-state index in [1.165, 1.54) is 10.4 Å². The first kappa shape index (κ1) is 25.5. The molecule has 3 heterocycles. The van der Waals surface area contributed by atoms with Gasteiger partial charge < -0.3 is 19.3 Å². The summed E-state index contributed by atoms with van der Waals surface area (Å²) in [5.74, 6) is 0.633. The van der Waals surface area contributed by atoms with Crippen molar-refractivity contribution in [3.05, 3.63) is 87.1 Å². The van der Waals surface area contributed by atoms with Gasteiger partial charge in [-0.25, -0.2) is 0 Å². The Balaban J connectivity index is 1.35. The number of ether oxygens (including phenoxy) is 2. The minimum Gasteiger partial charge on any atom is -0.491 e. The minimum absolute atomic E-state index is 0.0209. The van der Waals surface area contributed by atoms with Crippen LogP contribution in [-0.4, -0.2) is 60.6 Å². The quantitative estimate of drug-likeness (QED) is 0.412. The molecule has 0 bridgehead atoms. The topological polar surface area (TPSA) is 59.1 Å². The molecule has 2 amide bonds. The Labute approximate surface area is 222 Å². The van der Waals surface area contributed by atoms with Gasteiger partial charge in [0, 0.05) is 30.1 Å². The monoisotopic (exact) mass is 518 g/mol. The highest BCUT2D eigenvalue weighted by atomic mass is 32.1. The first-order chi connectivity index (χ1) is 18.0. The fourth-order valence-corrected chi connectivity index (χ4v) is 6.20. The fourth-order valence-electron chi connectivity index (χ4n) is 5.28. The molecule has 0 spiro atoms. The summed E-state index contributed by atoms with van der Waals surface area (Å²) in [6.45, 7) is 6.23. The maximum absolute atomic E-state index is 13.8. The summed E-state index contributed by atoms with van der Waals surface area (Å²) in [4.78, 5) is 32.1. The number of thiophene rings is 1. The molecular weight excluding hydrogens is 484 g/mol. The first-order valence-electron chi connectivity index (χ1n) is 13.0. The minimum atomic E-state index is -0.195. The van der Waals surface area contributed by atoms with E-state index in [2.05, 4.69) is 24.4 Å². The molecule has 2 aromatic carbocycles. The normalized spacial score (nSPS) is 18.9. The van der Waals surface area contributed by atoms with Crippen LogP contribution in [0.4, 0.5) is 0 Å². The van der Waals surface area contributed by atoms with Crippen molar-refractivity contribution in [2.24, 2.45) is 0 Å². The first-order valence-corrected chi connectivity index (χ1v) is 13.9. The second-order valence-electron chi connectivity index (χ2n) is 9.92. The second kappa shape index (κ2) is 11.5. The summed E-state index contributed by atoms with van der Waals surface area (Å²) in [6.07, 6.45) is 2.67. The van der Waals surface area contributed by atoms with Gasteiger partial charge in [-0.1, -0.05) is 35.9 Å². The Kier molecular flexibility index (Phi) is 7.91. The standard InChI is InChI=1S/C30H34N2O4S/c1-21-10-11-27(22(2)17-21)36-20-26-25-13-16-37-28(25)12-14-32(26)29(33)19-31(18-24-9-6-15-35-24)30(34)23-7-4-3-5-8-23/h3-5,7-8,10-11,13,16-17,24,26H,6,9,12,14-15,18-20H2,1-2H3/t24-,26+/m0/s1. The average Bonchev–Trinajstić information content (AvgIpc) is 3.60. The van der Waals surface area contributed by atoms with Crippen LogP contribution in [0.25, 0.3) is 0 Å². The summed E-state index contributed by atoms with van der Waals surface area (Å²) in [5, 5.41) is 2.09. The lowest BCUT2D eigenvalue weighted by Gasteiger charge is -2.37. The van der Waals surface area contributed by atoms with Crippen LogP contribution < -0.4 is 4.74 Å². The molecule has 0 aliphatic carbocycles. The summed E-state index contributed by atoms with van der Waals surface area (Å²) < 4.78 is 12.1. The second-order valence-corrected chi connectivity index (χ2v) is 10.9. The lowest BCUT2D eigenvalue weighted by molar-refractivity contribution is -0.135. The van der Waals surface area contributed by atoms with Gasteiger partial charge in [0.2, 0.25) is 5.91 Å². The van der Waals surface area contributed by atoms with E-state index >= 15 is 0 Å². The van der Waals surface area contributed by atoms with Gasteiger partial charge >= 0.3 is 0 Å². The van der Waals surface area contributed by atoms with E-state index in [1.54, 1.807) is 28.4 Å². The molecule has 2 aliphatic rings. The van der Waals surface area contributed by atoms with Crippen molar-refractivity contribution >= 4 is 23.2 Å². The highest BCUT2D eigenvalue weighted by Crippen LogP contribution is 2.34. The van der Waals surface area contributed by atoms with E-state index < -0.39 is 0 Å². The number of carbonyl (C=O) groups is 2. The van der Waals surface area contributed by atoms with Gasteiger partial charge in [0.1, 0.15) is 18.9 Å². The smallest absolute Gasteiger partial charge is 0.254 e. The molecule has 1 fully saturated rings. The number of carbonyl (C=O) groups excluding carboxylic acids is 2. The number of hydrogen-bond donors (Lipinski definition) is 0. The molecule has 6 nitrogen and oxygen atoms in total. The van der Waals surface area contributed by atoms with Gasteiger partial charge in [-0.15, -0.1) is 11.3 Å². The summed E-state index contributed by atoms with van der Waals surface area (Å²) in [5.41, 5.74) is 4.00.